The van der Waals surface area contributed by atoms with Gasteiger partial charge in [-0.25, -0.2) is 8.42 Å². The number of benzene rings is 2. The third kappa shape index (κ3) is 3.93. The summed E-state index contributed by atoms with van der Waals surface area (Å²) in [5, 5.41) is 13.6. The Balaban J connectivity index is 1.53. The smallest absolute Gasteiger partial charge is 0.263 e. The number of hydrogen-bond acceptors (Lipinski definition) is 8. The SMILES string of the molecule is Cc1nnc(NS(=O)(=O)c2ccc(N/C=C3\C(=O)NC(=O)c4ccccc43)cc2)s1. The fourth-order valence-electron chi connectivity index (χ4n) is 2.82. The molecule has 9 nitrogen and oxygen atoms in total. The van der Waals surface area contributed by atoms with Crippen molar-refractivity contribution in [1.29, 1.82) is 0 Å². The molecular formula is C19H15N5O4S2. The zero-order chi connectivity index (χ0) is 21.3. The molecule has 1 aliphatic heterocycles. The number of rotatable bonds is 5. The molecule has 2 amide bonds. The van der Waals surface area contributed by atoms with Crippen LogP contribution in [0.3, 0.4) is 0 Å². The largest absolute Gasteiger partial charge is 0.361 e. The van der Waals surface area contributed by atoms with Crippen molar-refractivity contribution in [3.8, 4) is 0 Å². The minimum atomic E-state index is -3.79. The van der Waals surface area contributed by atoms with E-state index >= 15 is 0 Å². The minimum Gasteiger partial charge on any atom is -0.361 e. The highest BCUT2D eigenvalue weighted by molar-refractivity contribution is 7.93. The molecule has 1 aromatic heterocycles. The van der Waals surface area contributed by atoms with Gasteiger partial charge < -0.3 is 5.32 Å². The van der Waals surface area contributed by atoms with Gasteiger partial charge in [0.15, 0.2) is 0 Å². The molecule has 0 bridgehead atoms. The number of aryl methyl sites for hydroxylation is 1. The molecule has 3 N–H and O–H groups in total. The van der Waals surface area contributed by atoms with Gasteiger partial charge in [0.2, 0.25) is 5.13 Å². The van der Waals surface area contributed by atoms with Crippen molar-refractivity contribution < 1.29 is 18.0 Å². The highest BCUT2D eigenvalue weighted by atomic mass is 32.2. The highest BCUT2D eigenvalue weighted by Gasteiger charge is 2.26. The van der Waals surface area contributed by atoms with Gasteiger partial charge in [-0.05, 0) is 37.3 Å². The van der Waals surface area contributed by atoms with Gasteiger partial charge in [-0.1, -0.05) is 29.5 Å². The van der Waals surface area contributed by atoms with Gasteiger partial charge in [-0.15, -0.1) is 10.2 Å². The lowest BCUT2D eigenvalue weighted by Gasteiger charge is -2.18. The first-order valence-electron chi connectivity index (χ1n) is 8.68. The molecule has 0 saturated carbocycles. The monoisotopic (exact) mass is 441 g/mol. The van der Waals surface area contributed by atoms with Crippen molar-refractivity contribution in [2.45, 2.75) is 11.8 Å². The molecule has 0 fully saturated rings. The first-order valence-corrected chi connectivity index (χ1v) is 11.0. The fourth-order valence-corrected chi connectivity index (χ4v) is 4.64. The predicted octanol–water partition coefficient (Wildman–Crippen LogP) is 2.37. The zero-order valence-corrected chi connectivity index (χ0v) is 17.2. The van der Waals surface area contributed by atoms with E-state index in [0.29, 0.717) is 27.4 Å². The topological polar surface area (TPSA) is 130 Å². The lowest BCUT2D eigenvalue weighted by atomic mass is 9.96. The van der Waals surface area contributed by atoms with Gasteiger partial charge in [0.05, 0.1) is 10.5 Å². The first kappa shape index (κ1) is 19.7. The molecule has 2 heterocycles. The highest BCUT2D eigenvalue weighted by Crippen LogP contribution is 2.25. The molecule has 2 aromatic carbocycles. The van der Waals surface area contributed by atoms with Crippen molar-refractivity contribution in [1.82, 2.24) is 15.5 Å². The molecule has 11 heteroatoms. The van der Waals surface area contributed by atoms with Crippen LogP contribution in [-0.2, 0) is 14.8 Å². The van der Waals surface area contributed by atoms with Gasteiger partial charge in [-0.2, -0.15) is 0 Å². The number of anilines is 2. The van der Waals surface area contributed by atoms with Crippen LogP contribution in [0, 0.1) is 6.92 Å². The summed E-state index contributed by atoms with van der Waals surface area (Å²) in [5.41, 5.74) is 1.80. The minimum absolute atomic E-state index is 0.0555. The Morgan fingerprint density at radius 1 is 0.967 bits per heavy atom. The van der Waals surface area contributed by atoms with E-state index in [4.69, 9.17) is 0 Å². The summed E-state index contributed by atoms with van der Waals surface area (Å²) in [6.45, 7) is 1.73. The lowest BCUT2D eigenvalue weighted by molar-refractivity contribution is -0.114. The molecule has 30 heavy (non-hydrogen) atoms. The van der Waals surface area contributed by atoms with E-state index in [1.54, 1.807) is 43.3 Å². The summed E-state index contributed by atoms with van der Waals surface area (Å²) in [5.74, 6) is -0.956. The average Bonchev–Trinajstić information content (AvgIpc) is 3.12. The quantitative estimate of drug-likeness (QED) is 0.409. The Morgan fingerprint density at radius 3 is 2.33 bits per heavy atom. The molecular weight excluding hydrogens is 426 g/mol. The molecule has 0 spiro atoms. The maximum Gasteiger partial charge on any atom is 0.263 e. The van der Waals surface area contributed by atoms with Crippen LogP contribution in [0.5, 0.6) is 0 Å². The number of carbonyl (C=O) groups is 2. The summed E-state index contributed by atoms with van der Waals surface area (Å²) >= 11 is 1.14. The van der Waals surface area contributed by atoms with Gasteiger partial charge in [0.1, 0.15) is 5.01 Å². The second kappa shape index (κ2) is 7.69. The van der Waals surface area contributed by atoms with E-state index < -0.39 is 21.8 Å². The second-order valence-electron chi connectivity index (χ2n) is 6.29. The summed E-state index contributed by atoms with van der Waals surface area (Å²) in [4.78, 5) is 24.2. The number of nitrogens with zero attached hydrogens (tertiary/aromatic N) is 2. The van der Waals surface area contributed by atoms with E-state index in [1.165, 1.54) is 18.3 Å². The summed E-state index contributed by atoms with van der Waals surface area (Å²) < 4.78 is 27.3. The number of amides is 2. The van der Waals surface area contributed by atoms with Crippen molar-refractivity contribution in [2.24, 2.45) is 0 Å². The molecule has 3 aromatic rings. The Labute approximate surface area is 175 Å². The molecule has 4 rings (SSSR count). The summed E-state index contributed by atoms with van der Waals surface area (Å²) in [7, 11) is -3.79. The van der Waals surface area contributed by atoms with E-state index in [1.807, 2.05) is 0 Å². The number of fused-ring (bicyclic) bond motifs is 1. The fraction of sp³-hybridized carbons (Fsp3) is 0.0526. The molecule has 0 atom stereocenters. The molecule has 0 radical (unpaired) electrons. The standard InChI is InChI=1S/C19H15N5O4S2/c1-11-22-23-19(29-11)24-30(27,28)13-8-6-12(7-9-13)20-10-16-14-4-2-3-5-15(14)17(25)21-18(16)26/h2-10,20H,1H3,(H,23,24)(H,21,25,26)/b16-10-. The summed E-state index contributed by atoms with van der Waals surface area (Å²) in [6.07, 6.45) is 1.48. The van der Waals surface area contributed by atoms with Crippen LogP contribution in [0.25, 0.3) is 5.57 Å². The number of imide groups is 1. The maximum absolute atomic E-state index is 12.4. The number of nitrogens with one attached hydrogen (secondary N) is 3. The Hall–Kier alpha value is -3.57. The Morgan fingerprint density at radius 2 is 1.67 bits per heavy atom. The molecule has 152 valence electrons. The second-order valence-corrected chi connectivity index (χ2v) is 9.15. The summed E-state index contributed by atoms with van der Waals surface area (Å²) in [6, 6.07) is 12.8. The third-order valence-corrected chi connectivity index (χ3v) is 6.47. The lowest BCUT2D eigenvalue weighted by Crippen LogP contribution is -2.36. The first-order chi connectivity index (χ1) is 14.3. The Kier molecular flexibility index (Phi) is 5.06. The van der Waals surface area contributed by atoms with Gasteiger partial charge in [0, 0.05) is 23.0 Å². The van der Waals surface area contributed by atoms with Crippen LogP contribution in [-0.4, -0.2) is 30.4 Å². The van der Waals surface area contributed by atoms with Crippen LogP contribution >= 0.6 is 11.3 Å². The van der Waals surface area contributed by atoms with E-state index in [0.717, 1.165) is 11.3 Å². The number of carbonyl (C=O) groups excluding carboxylic acids is 2. The molecule has 0 saturated heterocycles. The van der Waals surface area contributed by atoms with Crippen molar-refractivity contribution in [3.05, 3.63) is 70.9 Å². The molecule has 0 aliphatic carbocycles. The normalized spacial score (nSPS) is 14.9. The van der Waals surface area contributed by atoms with Crippen LogP contribution < -0.4 is 15.4 Å². The van der Waals surface area contributed by atoms with Gasteiger partial charge in [-0.3, -0.25) is 19.6 Å². The van der Waals surface area contributed by atoms with Crippen molar-refractivity contribution >= 4 is 49.6 Å². The van der Waals surface area contributed by atoms with Crippen molar-refractivity contribution in [3.63, 3.8) is 0 Å². The maximum atomic E-state index is 12.4. The number of aromatic nitrogens is 2. The van der Waals surface area contributed by atoms with Crippen LogP contribution in [0.15, 0.2) is 59.6 Å². The third-order valence-electron chi connectivity index (χ3n) is 4.23. The van der Waals surface area contributed by atoms with E-state index in [2.05, 4.69) is 25.6 Å². The molecule has 0 unspecified atom stereocenters. The van der Waals surface area contributed by atoms with Gasteiger partial charge in [0.25, 0.3) is 21.8 Å². The number of hydrogen-bond donors (Lipinski definition) is 3. The predicted molar refractivity (Wildman–Crippen MR) is 112 cm³/mol. The molecule has 1 aliphatic rings. The zero-order valence-electron chi connectivity index (χ0n) is 15.5. The average molecular weight is 441 g/mol. The van der Waals surface area contributed by atoms with Crippen LogP contribution in [0.4, 0.5) is 10.8 Å². The van der Waals surface area contributed by atoms with Crippen molar-refractivity contribution in [2.75, 3.05) is 10.0 Å². The van der Waals surface area contributed by atoms with Gasteiger partial charge >= 0.3 is 0 Å². The van der Waals surface area contributed by atoms with Crippen LogP contribution in [0.1, 0.15) is 20.9 Å². The van der Waals surface area contributed by atoms with E-state index in [-0.39, 0.29) is 10.0 Å². The number of sulfonamides is 1. The van der Waals surface area contributed by atoms with Crippen LogP contribution in [0.2, 0.25) is 0 Å². The Bertz CT molecular complexity index is 1280. The van der Waals surface area contributed by atoms with E-state index in [9.17, 15) is 18.0 Å².